The summed E-state index contributed by atoms with van der Waals surface area (Å²) in [5, 5.41) is 2.91. The number of anilines is 1. The Hall–Kier alpha value is -2.66. The van der Waals surface area contributed by atoms with Crippen LogP contribution in [0.3, 0.4) is 0 Å². The van der Waals surface area contributed by atoms with E-state index in [2.05, 4.69) is 5.32 Å². The van der Waals surface area contributed by atoms with Crippen LogP contribution in [0.25, 0.3) is 0 Å². The van der Waals surface area contributed by atoms with Gasteiger partial charge in [0.2, 0.25) is 11.8 Å². The lowest BCUT2D eigenvalue weighted by molar-refractivity contribution is -0.121. The molecule has 1 aliphatic rings. The topological polar surface area (TPSA) is 75.4 Å². The van der Waals surface area contributed by atoms with Gasteiger partial charge in [-0.25, -0.2) is 0 Å². The number of benzene rings is 2. The molecule has 1 unspecified atom stereocenters. The van der Waals surface area contributed by atoms with Gasteiger partial charge in [0.25, 0.3) is 0 Å². The Morgan fingerprint density at radius 3 is 2.50 bits per heavy atom. The van der Waals surface area contributed by atoms with Gasteiger partial charge in [0, 0.05) is 37.7 Å². The van der Waals surface area contributed by atoms with Gasteiger partial charge >= 0.3 is 0 Å². The molecule has 1 aliphatic heterocycles. The molecule has 5 nitrogen and oxygen atoms in total. The molecule has 5 heteroatoms. The average molecular weight is 351 g/mol. The molecule has 1 atom stereocenters. The van der Waals surface area contributed by atoms with E-state index in [4.69, 9.17) is 5.73 Å². The Balaban J connectivity index is 1.50. The van der Waals surface area contributed by atoms with Gasteiger partial charge in [-0.1, -0.05) is 42.5 Å². The SMILES string of the molecule is NC(CC(=O)NCc1ccc(N2CCCCC2=O)cc1)c1ccccc1. The highest BCUT2D eigenvalue weighted by molar-refractivity contribution is 5.93. The highest BCUT2D eigenvalue weighted by Gasteiger charge is 2.19. The number of amides is 2. The minimum Gasteiger partial charge on any atom is -0.352 e. The van der Waals surface area contributed by atoms with Crippen molar-refractivity contribution in [3.05, 3.63) is 65.7 Å². The van der Waals surface area contributed by atoms with Gasteiger partial charge in [-0.3, -0.25) is 9.59 Å². The molecule has 0 spiro atoms. The van der Waals surface area contributed by atoms with E-state index in [0.29, 0.717) is 13.0 Å². The third-order valence-electron chi connectivity index (χ3n) is 4.69. The van der Waals surface area contributed by atoms with Crippen LogP contribution in [0.15, 0.2) is 54.6 Å². The van der Waals surface area contributed by atoms with Gasteiger partial charge in [-0.05, 0) is 36.1 Å². The van der Waals surface area contributed by atoms with E-state index in [1.54, 1.807) is 0 Å². The number of nitrogens with two attached hydrogens (primary N) is 1. The zero-order valence-electron chi connectivity index (χ0n) is 14.9. The van der Waals surface area contributed by atoms with Crippen molar-refractivity contribution in [2.24, 2.45) is 5.73 Å². The summed E-state index contributed by atoms with van der Waals surface area (Å²) in [5.74, 6) is 0.115. The normalized spacial score (nSPS) is 15.6. The molecule has 26 heavy (non-hydrogen) atoms. The highest BCUT2D eigenvalue weighted by Crippen LogP contribution is 2.21. The molecule has 1 saturated heterocycles. The molecular formula is C21H25N3O2. The lowest BCUT2D eigenvalue weighted by Crippen LogP contribution is -2.35. The molecule has 0 aliphatic carbocycles. The number of nitrogens with one attached hydrogen (secondary N) is 1. The molecule has 3 N–H and O–H groups in total. The van der Waals surface area contributed by atoms with Gasteiger partial charge in [0.15, 0.2) is 0 Å². The number of rotatable bonds is 6. The smallest absolute Gasteiger partial charge is 0.226 e. The van der Waals surface area contributed by atoms with Crippen LogP contribution >= 0.6 is 0 Å². The Morgan fingerprint density at radius 1 is 1.08 bits per heavy atom. The fourth-order valence-electron chi connectivity index (χ4n) is 3.16. The Kier molecular flexibility index (Phi) is 6.02. The standard InChI is InChI=1S/C21H25N3O2/c22-19(17-6-2-1-3-7-17)14-20(25)23-15-16-9-11-18(12-10-16)24-13-5-4-8-21(24)26/h1-3,6-7,9-12,19H,4-5,8,13-15,22H2,(H,23,25). The maximum absolute atomic E-state index is 12.1. The van der Waals surface area contributed by atoms with Crippen molar-refractivity contribution in [3.63, 3.8) is 0 Å². The minimum atomic E-state index is -0.302. The van der Waals surface area contributed by atoms with E-state index in [9.17, 15) is 9.59 Å². The Morgan fingerprint density at radius 2 is 1.81 bits per heavy atom. The zero-order valence-corrected chi connectivity index (χ0v) is 14.9. The number of carbonyl (C=O) groups is 2. The second-order valence-corrected chi connectivity index (χ2v) is 6.67. The van der Waals surface area contributed by atoms with Crippen molar-refractivity contribution in [2.75, 3.05) is 11.4 Å². The number of hydrogen-bond acceptors (Lipinski definition) is 3. The third-order valence-corrected chi connectivity index (χ3v) is 4.69. The second-order valence-electron chi connectivity index (χ2n) is 6.67. The van der Waals surface area contributed by atoms with E-state index in [1.807, 2.05) is 59.5 Å². The predicted octanol–water partition coefficient (Wildman–Crippen LogP) is 2.91. The number of piperidine rings is 1. The molecule has 2 amide bonds. The average Bonchev–Trinajstić information content (AvgIpc) is 2.68. The van der Waals surface area contributed by atoms with Crippen LogP contribution in [0, 0.1) is 0 Å². The summed E-state index contributed by atoms with van der Waals surface area (Å²) in [4.78, 5) is 25.9. The summed E-state index contributed by atoms with van der Waals surface area (Å²) < 4.78 is 0. The molecule has 0 bridgehead atoms. The Bertz CT molecular complexity index is 744. The van der Waals surface area contributed by atoms with Crippen molar-refractivity contribution >= 4 is 17.5 Å². The number of carbonyl (C=O) groups excluding carboxylic acids is 2. The summed E-state index contributed by atoms with van der Waals surface area (Å²) in [6.45, 7) is 1.24. The molecule has 0 radical (unpaired) electrons. The maximum atomic E-state index is 12.1. The molecule has 0 aromatic heterocycles. The van der Waals surface area contributed by atoms with Gasteiger partial charge in [-0.15, -0.1) is 0 Å². The quantitative estimate of drug-likeness (QED) is 0.840. The minimum absolute atomic E-state index is 0.0726. The first kappa shape index (κ1) is 18.1. The van der Waals surface area contributed by atoms with Gasteiger partial charge < -0.3 is 16.0 Å². The van der Waals surface area contributed by atoms with E-state index in [-0.39, 0.29) is 24.3 Å². The molecule has 2 aromatic rings. The van der Waals surface area contributed by atoms with Crippen LogP contribution in [0.4, 0.5) is 5.69 Å². The van der Waals surface area contributed by atoms with Crippen LogP contribution in [-0.2, 0) is 16.1 Å². The fraction of sp³-hybridized carbons (Fsp3) is 0.333. The lowest BCUT2D eigenvalue weighted by Gasteiger charge is -2.26. The van der Waals surface area contributed by atoms with E-state index < -0.39 is 0 Å². The van der Waals surface area contributed by atoms with Crippen LogP contribution in [0.1, 0.15) is 42.9 Å². The monoisotopic (exact) mass is 351 g/mol. The second kappa shape index (κ2) is 8.63. The highest BCUT2D eigenvalue weighted by atomic mass is 16.2. The summed E-state index contributed by atoms with van der Waals surface area (Å²) in [6.07, 6.45) is 2.90. The van der Waals surface area contributed by atoms with Gasteiger partial charge in [0.05, 0.1) is 0 Å². The summed E-state index contributed by atoms with van der Waals surface area (Å²) >= 11 is 0. The number of nitrogens with zero attached hydrogens (tertiary/aromatic N) is 1. The molecular weight excluding hydrogens is 326 g/mol. The van der Waals surface area contributed by atoms with Crippen LogP contribution < -0.4 is 16.0 Å². The third kappa shape index (κ3) is 4.70. The number of hydrogen-bond donors (Lipinski definition) is 2. The van der Waals surface area contributed by atoms with Crippen molar-refractivity contribution in [2.45, 2.75) is 38.3 Å². The fourth-order valence-corrected chi connectivity index (χ4v) is 3.16. The first-order valence-electron chi connectivity index (χ1n) is 9.10. The van der Waals surface area contributed by atoms with Crippen LogP contribution in [0.5, 0.6) is 0 Å². The summed E-state index contributed by atoms with van der Waals surface area (Å²) in [6, 6.07) is 17.1. The molecule has 0 saturated carbocycles. The van der Waals surface area contributed by atoms with Crippen LogP contribution in [0.2, 0.25) is 0 Å². The van der Waals surface area contributed by atoms with Crippen molar-refractivity contribution in [1.29, 1.82) is 0 Å². The van der Waals surface area contributed by atoms with E-state index in [1.165, 1.54) is 0 Å². The van der Waals surface area contributed by atoms with Crippen molar-refractivity contribution in [3.8, 4) is 0 Å². The largest absolute Gasteiger partial charge is 0.352 e. The lowest BCUT2D eigenvalue weighted by atomic mass is 10.0. The van der Waals surface area contributed by atoms with Crippen LogP contribution in [-0.4, -0.2) is 18.4 Å². The molecule has 1 heterocycles. The molecule has 3 rings (SSSR count). The summed E-state index contributed by atoms with van der Waals surface area (Å²) in [7, 11) is 0. The molecule has 2 aromatic carbocycles. The molecule has 136 valence electrons. The van der Waals surface area contributed by atoms with Crippen molar-refractivity contribution in [1.82, 2.24) is 5.32 Å². The summed E-state index contributed by atoms with van der Waals surface area (Å²) in [5.41, 5.74) is 8.97. The molecule has 1 fully saturated rings. The Labute approximate surface area is 154 Å². The van der Waals surface area contributed by atoms with Gasteiger partial charge in [-0.2, -0.15) is 0 Å². The van der Waals surface area contributed by atoms with E-state index in [0.717, 1.165) is 36.2 Å². The first-order chi connectivity index (χ1) is 12.6. The van der Waals surface area contributed by atoms with Crippen molar-refractivity contribution < 1.29 is 9.59 Å². The van der Waals surface area contributed by atoms with E-state index >= 15 is 0 Å². The predicted molar refractivity (Wildman–Crippen MR) is 102 cm³/mol. The van der Waals surface area contributed by atoms with Gasteiger partial charge in [0.1, 0.15) is 0 Å². The zero-order chi connectivity index (χ0) is 18.4. The maximum Gasteiger partial charge on any atom is 0.226 e. The first-order valence-corrected chi connectivity index (χ1v) is 9.10.